The van der Waals surface area contributed by atoms with E-state index in [1.165, 1.54) is 19.3 Å². The van der Waals surface area contributed by atoms with Crippen molar-refractivity contribution >= 4 is 11.6 Å². The number of hydrogen-bond acceptors (Lipinski definition) is 0. The molecule has 0 aromatic heterocycles. The van der Waals surface area contributed by atoms with Crippen molar-refractivity contribution in [2.45, 2.75) is 33.1 Å². The van der Waals surface area contributed by atoms with E-state index >= 15 is 0 Å². The SMILES string of the molecule is CC(C)(CCl)CC1CC=CC1. The van der Waals surface area contributed by atoms with Crippen LogP contribution in [0.1, 0.15) is 33.1 Å². The Morgan fingerprint density at radius 1 is 1.36 bits per heavy atom. The lowest BCUT2D eigenvalue weighted by Crippen LogP contribution is -2.17. The molecule has 0 radical (unpaired) electrons. The molecule has 0 unspecified atom stereocenters. The summed E-state index contributed by atoms with van der Waals surface area (Å²) in [4.78, 5) is 0. The molecule has 0 nitrogen and oxygen atoms in total. The summed E-state index contributed by atoms with van der Waals surface area (Å²) < 4.78 is 0. The standard InChI is InChI=1S/C10H17Cl/c1-10(2,8-11)7-9-5-3-4-6-9/h3-4,9H,5-8H2,1-2H3. The number of alkyl halides is 1. The molecule has 0 bridgehead atoms. The Kier molecular flexibility index (Phi) is 3.00. The molecule has 0 aliphatic heterocycles. The third kappa shape index (κ3) is 2.86. The highest BCUT2D eigenvalue weighted by molar-refractivity contribution is 6.18. The summed E-state index contributed by atoms with van der Waals surface area (Å²) >= 11 is 5.85. The van der Waals surface area contributed by atoms with Crippen molar-refractivity contribution in [1.29, 1.82) is 0 Å². The molecule has 0 amide bonds. The number of allylic oxidation sites excluding steroid dienone is 2. The van der Waals surface area contributed by atoms with E-state index in [4.69, 9.17) is 11.6 Å². The number of hydrogen-bond donors (Lipinski definition) is 0. The fourth-order valence-electron chi connectivity index (χ4n) is 1.68. The molecule has 1 heteroatoms. The van der Waals surface area contributed by atoms with Crippen molar-refractivity contribution in [1.82, 2.24) is 0 Å². The van der Waals surface area contributed by atoms with Crippen molar-refractivity contribution in [3.63, 3.8) is 0 Å². The first kappa shape index (κ1) is 9.12. The van der Waals surface area contributed by atoms with Crippen LogP contribution in [0.15, 0.2) is 12.2 Å². The Labute approximate surface area is 74.6 Å². The Morgan fingerprint density at radius 3 is 2.36 bits per heavy atom. The van der Waals surface area contributed by atoms with Crippen LogP contribution in [0.5, 0.6) is 0 Å². The molecule has 0 aromatic rings. The molecular weight excluding hydrogens is 156 g/mol. The largest absolute Gasteiger partial charge is 0.126 e. The third-order valence-corrected chi connectivity index (χ3v) is 3.03. The van der Waals surface area contributed by atoms with E-state index in [0.717, 1.165) is 11.8 Å². The molecule has 1 rings (SSSR count). The molecule has 1 aliphatic carbocycles. The van der Waals surface area contributed by atoms with Crippen molar-refractivity contribution in [2.75, 3.05) is 5.88 Å². The van der Waals surface area contributed by atoms with Gasteiger partial charge in [-0.3, -0.25) is 0 Å². The number of rotatable bonds is 3. The molecule has 0 saturated carbocycles. The van der Waals surface area contributed by atoms with Crippen LogP contribution in [0.2, 0.25) is 0 Å². The van der Waals surface area contributed by atoms with E-state index in [-0.39, 0.29) is 0 Å². The zero-order chi connectivity index (χ0) is 8.32. The van der Waals surface area contributed by atoms with Crippen LogP contribution in [0.25, 0.3) is 0 Å². The zero-order valence-corrected chi connectivity index (χ0v) is 8.19. The second-order valence-electron chi connectivity index (χ2n) is 4.31. The highest BCUT2D eigenvalue weighted by Gasteiger charge is 2.22. The van der Waals surface area contributed by atoms with Crippen LogP contribution in [0.4, 0.5) is 0 Å². The lowest BCUT2D eigenvalue weighted by Gasteiger charge is -2.24. The lowest BCUT2D eigenvalue weighted by molar-refractivity contribution is 0.307. The van der Waals surface area contributed by atoms with Gasteiger partial charge >= 0.3 is 0 Å². The van der Waals surface area contributed by atoms with Crippen LogP contribution in [-0.4, -0.2) is 5.88 Å². The van der Waals surface area contributed by atoms with Crippen LogP contribution in [0, 0.1) is 11.3 Å². The summed E-state index contributed by atoms with van der Waals surface area (Å²) in [6.07, 6.45) is 8.37. The van der Waals surface area contributed by atoms with E-state index in [9.17, 15) is 0 Å². The summed E-state index contributed by atoms with van der Waals surface area (Å²) in [6, 6.07) is 0. The minimum absolute atomic E-state index is 0.332. The molecule has 0 N–H and O–H groups in total. The van der Waals surface area contributed by atoms with E-state index < -0.39 is 0 Å². The fraction of sp³-hybridized carbons (Fsp3) is 0.800. The van der Waals surface area contributed by atoms with Gasteiger partial charge in [-0.25, -0.2) is 0 Å². The molecule has 0 aromatic carbocycles. The Bertz CT molecular complexity index is 139. The summed E-state index contributed by atoms with van der Waals surface area (Å²) in [7, 11) is 0. The second-order valence-corrected chi connectivity index (χ2v) is 4.58. The molecule has 0 spiro atoms. The van der Waals surface area contributed by atoms with Crippen molar-refractivity contribution in [2.24, 2.45) is 11.3 Å². The Hall–Kier alpha value is 0.0300. The maximum Gasteiger partial charge on any atom is 0.0274 e. The average molecular weight is 173 g/mol. The van der Waals surface area contributed by atoms with Gasteiger partial charge < -0.3 is 0 Å². The first-order valence-electron chi connectivity index (χ1n) is 4.35. The lowest BCUT2D eigenvalue weighted by atomic mass is 9.83. The summed E-state index contributed by atoms with van der Waals surface area (Å²) in [5.74, 6) is 1.65. The topological polar surface area (TPSA) is 0 Å². The molecule has 0 heterocycles. The highest BCUT2D eigenvalue weighted by atomic mass is 35.5. The first-order chi connectivity index (χ1) is 5.14. The van der Waals surface area contributed by atoms with Gasteiger partial charge in [-0.1, -0.05) is 26.0 Å². The van der Waals surface area contributed by atoms with Gasteiger partial charge in [0.2, 0.25) is 0 Å². The van der Waals surface area contributed by atoms with Crippen LogP contribution in [-0.2, 0) is 0 Å². The maximum atomic E-state index is 5.85. The van der Waals surface area contributed by atoms with Gasteiger partial charge in [0, 0.05) is 5.88 Å². The molecule has 11 heavy (non-hydrogen) atoms. The summed E-state index contributed by atoms with van der Waals surface area (Å²) in [5, 5.41) is 0. The van der Waals surface area contributed by atoms with Gasteiger partial charge in [-0.05, 0) is 30.6 Å². The van der Waals surface area contributed by atoms with Crippen molar-refractivity contribution in [3.8, 4) is 0 Å². The van der Waals surface area contributed by atoms with E-state index in [1.807, 2.05) is 0 Å². The predicted octanol–water partition coefficient (Wildman–Crippen LogP) is 3.61. The maximum absolute atomic E-state index is 5.85. The second kappa shape index (κ2) is 3.62. The smallest absolute Gasteiger partial charge is 0.0274 e. The molecule has 0 atom stereocenters. The molecular formula is C10H17Cl. The van der Waals surface area contributed by atoms with Gasteiger partial charge in [-0.15, -0.1) is 11.6 Å². The molecule has 64 valence electrons. The monoisotopic (exact) mass is 172 g/mol. The Balaban J connectivity index is 2.30. The minimum Gasteiger partial charge on any atom is -0.126 e. The predicted molar refractivity (Wildman–Crippen MR) is 51.0 cm³/mol. The van der Waals surface area contributed by atoms with Gasteiger partial charge in [0.05, 0.1) is 0 Å². The third-order valence-electron chi connectivity index (χ3n) is 2.31. The minimum atomic E-state index is 0.332. The van der Waals surface area contributed by atoms with Crippen LogP contribution in [0.3, 0.4) is 0 Å². The van der Waals surface area contributed by atoms with Crippen molar-refractivity contribution < 1.29 is 0 Å². The Morgan fingerprint density at radius 2 is 1.91 bits per heavy atom. The van der Waals surface area contributed by atoms with E-state index in [1.54, 1.807) is 0 Å². The fourth-order valence-corrected chi connectivity index (χ4v) is 1.79. The first-order valence-corrected chi connectivity index (χ1v) is 4.88. The zero-order valence-electron chi connectivity index (χ0n) is 7.44. The molecule has 0 saturated heterocycles. The van der Waals surface area contributed by atoms with Crippen LogP contribution < -0.4 is 0 Å². The molecule has 0 fully saturated rings. The van der Waals surface area contributed by atoms with Gasteiger partial charge in [0.15, 0.2) is 0 Å². The van der Waals surface area contributed by atoms with Gasteiger partial charge in [0.25, 0.3) is 0 Å². The number of halogens is 1. The summed E-state index contributed by atoms with van der Waals surface area (Å²) in [5.41, 5.74) is 0.332. The normalized spacial score (nSPS) is 19.5. The average Bonchev–Trinajstić information content (AvgIpc) is 2.39. The summed E-state index contributed by atoms with van der Waals surface area (Å²) in [6.45, 7) is 4.50. The van der Waals surface area contributed by atoms with Crippen LogP contribution >= 0.6 is 11.6 Å². The van der Waals surface area contributed by atoms with E-state index in [0.29, 0.717) is 5.41 Å². The van der Waals surface area contributed by atoms with Gasteiger partial charge in [0.1, 0.15) is 0 Å². The highest BCUT2D eigenvalue weighted by Crippen LogP contribution is 2.32. The quantitative estimate of drug-likeness (QED) is 0.451. The van der Waals surface area contributed by atoms with Gasteiger partial charge in [-0.2, -0.15) is 0 Å². The molecule has 1 aliphatic rings. The van der Waals surface area contributed by atoms with Crippen molar-refractivity contribution in [3.05, 3.63) is 12.2 Å². The van der Waals surface area contributed by atoms with E-state index in [2.05, 4.69) is 26.0 Å².